The molecule has 19 heavy (non-hydrogen) atoms. The molecule has 4 nitrogen and oxygen atoms in total. The van der Waals surface area contributed by atoms with Crippen molar-refractivity contribution in [1.82, 2.24) is 9.13 Å². The highest BCUT2D eigenvalue weighted by molar-refractivity contribution is 5.81. The highest BCUT2D eigenvalue weighted by Crippen LogP contribution is 2.21. The molecule has 0 fully saturated rings. The third kappa shape index (κ3) is 1.91. The topological polar surface area (TPSA) is 39.0 Å². The summed E-state index contributed by atoms with van der Waals surface area (Å²) in [7, 11) is 3.58. The van der Waals surface area contributed by atoms with E-state index in [1.54, 1.807) is 23.2 Å². The van der Waals surface area contributed by atoms with Crippen LogP contribution in [0.25, 0.3) is 11.0 Å². The van der Waals surface area contributed by atoms with Crippen molar-refractivity contribution in [3.63, 3.8) is 0 Å². The molecule has 0 unspecified atom stereocenters. The standard InChI is InChI=1S/C15H15N3O/c1-17-13-9-8-12(10-14(13)18(2)15(17)19)16-11-6-4-3-5-7-11/h3-10,16H,1-2H3. The van der Waals surface area contributed by atoms with E-state index >= 15 is 0 Å². The molecule has 0 saturated carbocycles. The van der Waals surface area contributed by atoms with Crippen LogP contribution in [0.4, 0.5) is 11.4 Å². The van der Waals surface area contributed by atoms with Crippen LogP contribution in [0.5, 0.6) is 0 Å². The quantitative estimate of drug-likeness (QED) is 0.762. The van der Waals surface area contributed by atoms with Gasteiger partial charge < -0.3 is 5.32 Å². The maximum Gasteiger partial charge on any atom is 0.328 e. The first-order chi connectivity index (χ1) is 9.16. The van der Waals surface area contributed by atoms with E-state index < -0.39 is 0 Å². The number of nitrogens with one attached hydrogen (secondary N) is 1. The molecule has 4 heteroatoms. The molecule has 96 valence electrons. The van der Waals surface area contributed by atoms with Gasteiger partial charge in [0.25, 0.3) is 0 Å². The van der Waals surface area contributed by atoms with Gasteiger partial charge in [0.2, 0.25) is 0 Å². The maximum atomic E-state index is 11.9. The maximum absolute atomic E-state index is 11.9. The third-order valence-corrected chi connectivity index (χ3v) is 3.33. The zero-order valence-corrected chi connectivity index (χ0v) is 10.9. The Labute approximate surface area is 110 Å². The number of imidazole rings is 1. The second kappa shape index (κ2) is 4.31. The minimum atomic E-state index is -0.00754. The molecule has 0 atom stereocenters. The summed E-state index contributed by atoms with van der Waals surface area (Å²) in [5.41, 5.74) is 3.86. The molecule has 1 aromatic heterocycles. The van der Waals surface area contributed by atoms with E-state index in [1.807, 2.05) is 48.5 Å². The molecule has 0 spiro atoms. The molecule has 0 aliphatic heterocycles. The molecule has 0 amide bonds. The van der Waals surface area contributed by atoms with Crippen molar-refractivity contribution in [2.75, 3.05) is 5.32 Å². The SMILES string of the molecule is Cn1c(=O)n(C)c2cc(Nc3ccccc3)ccc21. The van der Waals surface area contributed by atoms with Crippen molar-refractivity contribution in [3.05, 3.63) is 59.0 Å². The van der Waals surface area contributed by atoms with Crippen LogP contribution in [0.15, 0.2) is 53.3 Å². The summed E-state index contributed by atoms with van der Waals surface area (Å²) in [6.07, 6.45) is 0. The monoisotopic (exact) mass is 253 g/mol. The summed E-state index contributed by atoms with van der Waals surface area (Å²) in [6, 6.07) is 15.9. The summed E-state index contributed by atoms with van der Waals surface area (Å²) in [5, 5.41) is 3.33. The van der Waals surface area contributed by atoms with E-state index in [0.717, 1.165) is 22.4 Å². The van der Waals surface area contributed by atoms with E-state index in [4.69, 9.17) is 0 Å². The van der Waals surface area contributed by atoms with Crippen LogP contribution in [-0.2, 0) is 14.1 Å². The van der Waals surface area contributed by atoms with E-state index in [1.165, 1.54) is 0 Å². The van der Waals surface area contributed by atoms with Gasteiger partial charge in [-0.15, -0.1) is 0 Å². The normalized spacial score (nSPS) is 10.8. The number of benzene rings is 2. The van der Waals surface area contributed by atoms with E-state index in [0.29, 0.717) is 0 Å². The number of aromatic nitrogens is 2. The first kappa shape index (κ1) is 11.6. The van der Waals surface area contributed by atoms with Gasteiger partial charge in [-0.3, -0.25) is 9.13 Å². The largest absolute Gasteiger partial charge is 0.355 e. The first-order valence-corrected chi connectivity index (χ1v) is 6.14. The van der Waals surface area contributed by atoms with Crippen LogP contribution in [0, 0.1) is 0 Å². The van der Waals surface area contributed by atoms with Crippen LogP contribution in [0.2, 0.25) is 0 Å². The zero-order valence-electron chi connectivity index (χ0n) is 10.9. The smallest absolute Gasteiger partial charge is 0.328 e. The fraction of sp³-hybridized carbons (Fsp3) is 0.133. The number of fused-ring (bicyclic) bond motifs is 1. The Morgan fingerprint density at radius 1 is 0.842 bits per heavy atom. The predicted molar refractivity (Wildman–Crippen MR) is 77.9 cm³/mol. The second-order valence-electron chi connectivity index (χ2n) is 4.60. The molecule has 3 aromatic rings. The second-order valence-corrected chi connectivity index (χ2v) is 4.60. The highest BCUT2D eigenvalue weighted by Gasteiger charge is 2.07. The van der Waals surface area contributed by atoms with Gasteiger partial charge in [-0.2, -0.15) is 0 Å². The molecule has 1 N–H and O–H groups in total. The van der Waals surface area contributed by atoms with Crippen LogP contribution >= 0.6 is 0 Å². The van der Waals surface area contributed by atoms with Crippen molar-refractivity contribution in [3.8, 4) is 0 Å². The Kier molecular flexibility index (Phi) is 2.63. The zero-order chi connectivity index (χ0) is 13.4. The highest BCUT2D eigenvalue weighted by atomic mass is 16.1. The summed E-state index contributed by atoms with van der Waals surface area (Å²) in [4.78, 5) is 11.9. The van der Waals surface area contributed by atoms with Gasteiger partial charge in [0, 0.05) is 25.5 Å². The number of rotatable bonds is 2. The summed E-state index contributed by atoms with van der Waals surface area (Å²) in [5.74, 6) is 0. The van der Waals surface area contributed by atoms with Crippen LogP contribution < -0.4 is 11.0 Å². The number of anilines is 2. The van der Waals surface area contributed by atoms with Crippen LogP contribution in [-0.4, -0.2) is 9.13 Å². The van der Waals surface area contributed by atoms with Gasteiger partial charge in [-0.25, -0.2) is 4.79 Å². The van der Waals surface area contributed by atoms with E-state index in [9.17, 15) is 4.79 Å². The summed E-state index contributed by atoms with van der Waals surface area (Å²) >= 11 is 0. The molecule has 0 bridgehead atoms. The minimum Gasteiger partial charge on any atom is -0.355 e. The molecule has 0 aliphatic carbocycles. The van der Waals surface area contributed by atoms with Gasteiger partial charge in [0.15, 0.2) is 0 Å². The van der Waals surface area contributed by atoms with Gasteiger partial charge >= 0.3 is 5.69 Å². The summed E-state index contributed by atoms with van der Waals surface area (Å²) < 4.78 is 3.31. The van der Waals surface area contributed by atoms with Crippen molar-refractivity contribution < 1.29 is 0 Å². The van der Waals surface area contributed by atoms with Crippen molar-refractivity contribution in [2.24, 2.45) is 14.1 Å². The molecule has 0 radical (unpaired) electrons. The summed E-state index contributed by atoms with van der Waals surface area (Å²) in [6.45, 7) is 0. The van der Waals surface area contributed by atoms with Crippen molar-refractivity contribution in [1.29, 1.82) is 0 Å². The van der Waals surface area contributed by atoms with Crippen molar-refractivity contribution >= 4 is 22.4 Å². The van der Waals surface area contributed by atoms with E-state index in [2.05, 4.69) is 5.32 Å². The Hall–Kier alpha value is -2.49. The number of aryl methyl sites for hydroxylation is 2. The van der Waals surface area contributed by atoms with Gasteiger partial charge in [0.1, 0.15) is 0 Å². The number of nitrogens with zero attached hydrogens (tertiary/aromatic N) is 2. The molecule has 3 rings (SSSR count). The van der Waals surface area contributed by atoms with Crippen molar-refractivity contribution in [2.45, 2.75) is 0 Å². The third-order valence-electron chi connectivity index (χ3n) is 3.33. The lowest BCUT2D eigenvalue weighted by atomic mass is 10.2. The molecular formula is C15H15N3O. The van der Waals surface area contributed by atoms with Crippen LogP contribution in [0.3, 0.4) is 0 Å². The molecule has 2 aromatic carbocycles. The Morgan fingerprint density at radius 2 is 1.53 bits per heavy atom. The fourth-order valence-corrected chi connectivity index (χ4v) is 2.27. The average molecular weight is 253 g/mol. The molecule has 0 aliphatic rings. The predicted octanol–water partition coefficient (Wildman–Crippen LogP) is 2.62. The van der Waals surface area contributed by atoms with Gasteiger partial charge in [-0.1, -0.05) is 18.2 Å². The lowest BCUT2D eigenvalue weighted by molar-refractivity contribution is 0.795. The number of hydrogen-bond acceptors (Lipinski definition) is 2. The minimum absolute atomic E-state index is 0.00754. The van der Waals surface area contributed by atoms with Crippen LogP contribution in [0.1, 0.15) is 0 Å². The Bertz CT molecular complexity index is 784. The number of hydrogen-bond donors (Lipinski definition) is 1. The van der Waals surface area contributed by atoms with E-state index in [-0.39, 0.29) is 5.69 Å². The number of para-hydroxylation sites is 1. The Morgan fingerprint density at radius 3 is 2.26 bits per heavy atom. The average Bonchev–Trinajstić information content (AvgIpc) is 2.65. The Balaban J connectivity index is 2.07. The lowest BCUT2D eigenvalue weighted by Crippen LogP contribution is -2.19. The fourth-order valence-electron chi connectivity index (χ4n) is 2.27. The van der Waals surface area contributed by atoms with Gasteiger partial charge in [0.05, 0.1) is 11.0 Å². The molecule has 0 saturated heterocycles. The molecule has 1 heterocycles. The lowest BCUT2D eigenvalue weighted by Gasteiger charge is -2.06. The first-order valence-electron chi connectivity index (χ1n) is 6.14. The van der Waals surface area contributed by atoms with Gasteiger partial charge in [-0.05, 0) is 30.3 Å². The molecular weight excluding hydrogens is 238 g/mol.